The Morgan fingerprint density at radius 3 is 2.55 bits per heavy atom. The van der Waals surface area contributed by atoms with Crippen molar-refractivity contribution in [2.24, 2.45) is 5.10 Å². The summed E-state index contributed by atoms with van der Waals surface area (Å²) in [7, 11) is 1.64. The topological polar surface area (TPSA) is 76.8 Å². The van der Waals surface area contributed by atoms with E-state index in [1.54, 1.807) is 19.2 Å². The first-order valence-electron chi connectivity index (χ1n) is 6.75. The van der Waals surface area contributed by atoms with Gasteiger partial charge in [-0.2, -0.15) is 5.10 Å². The molecular weight excluding hydrogens is 282 g/mol. The van der Waals surface area contributed by atoms with E-state index in [4.69, 9.17) is 4.74 Å². The number of non-ortho nitro benzene ring substituents is 1. The zero-order valence-corrected chi connectivity index (χ0v) is 12.4. The summed E-state index contributed by atoms with van der Waals surface area (Å²) in [6, 6.07) is 13.9. The molecule has 0 amide bonds. The number of para-hydroxylation sites is 1. The van der Waals surface area contributed by atoms with Crippen molar-refractivity contribution < 1.29 is 9.66 Å². The van der Waals surface area contributed by atoms with Crippen molar-refractivity contribution in [3.8, 4) is 5.75 Å². The summed E-state index contributed by atoms with van der Waals surface area (Å²) in [4.78, 5) is 10.2. The van der Waals surface area contributed by atoms with Gasteiger partial charge in [0.15, 0.2) is 0 Å². The smallest absolute Gasteiger partial charge is 0.269 e. The molecule has 0 aliphatic carbocycles. The van der Waals surface area contributed by atoms with Gasteiger partial charge in [0.1, 0.15) is 5.75 Å². The van der Waals surface area contributed by atoms with Crippen LogP contribution in [0.4, 0.5) is 11.4 Å². The summed E-state index contributed by atoms with van der Waals surface area (Å²) in [5.74, 6) is 0.826. The molecule has 114 valence electrons. The molecule has 0 spiro atoms. The molecule has 0 radical (unpaired) electrons. The first-order valence-corrected chi connectivity index (χ1v) is 6.75. The molecule has 2 aromatic carbocycles. The molecule has 6 heteroatoms. The zero-order chi connectivity index (χ0) is 15.9. The quantitative estimate of drug-likeness (QED) is 0.502. The van der Waals surface area contributed by atoms with Crippen LogP contribution in [0, 0.1) is 10.1 Å². The molecule has 2 rings (SSSR count). The third-order valence-corrected chi connectivity index (χ3v) is 3.09. The third kappa shape index (κ3) is 4.05. The van der Waals surface area contributed by atoms with E-state index in [0.29, 0.717) is 12.1 Å². The largest absolute Gasteiger partial charge is 0.496 e. The number of benzene rings is 2. The molecule has 0 aliphatic heterocycles. The average Bonchev–Trinajstić information content (AvgIpc) is 2.54. The van der Waals surface area contributed by atoms with E-state index in [2.05, 4.69) is 10.5 Å². The van der Waals surface area contributed by atoms with E-state index in [9.17, 15) is 10.1 Å². The lowest BCUT2D eigenvalue weighted by molar-refractivity contribution is -0.384. The van der Waals surface area contributed by atoms with Crippen molar-refractivity contribution in [2.45, 2.75) is 13.3 Å². The van der Waals surface area contributed by atoms with E-state index >= 15 is 0 Å². The fraction of sp³-hybridized carbons (Fsp3) is 0.188. The van der Waals surface area contributed by atoms with Crippen LogP contribution < -0.4 is 10.2 Å². The first kappa shape index (κ1) is 15.5. The van der Waals surface area contributed by atoms with Gasteiger partial charge in [-0.1, -0.05) is 18.2 Å². The third-order valence-electron chi connectivity index (χ3n) is 3.09. The SMILES string of the molecule is COc1ccccc1CC(C)=NNc1ccc([N+](=O)[O-])cc1. The second-order valence-corrected chi connectivity index (χ2v) is 4.75. The van der Waals surface area contributed by atoms with Crippen molar-refractivity contribution in [3.05, 3.63) is 64.2 Å². The highest BCUT2D eigenvalue weighted by atomic mass is 16.6. The number of rotatable bonds is 6. The number of ether oxygens (including phenoxy) is 1. The Morgan fingerprint density at radius 1 is 1.23 bits per heavy atom. The molecule has 0 saturated carbocycles. The summed E-state index contributed by atoms with van der Waals surface area (Å²) in [6.07, 6.45) is 0.657. The highest BCUT2D eigenvalue weighted by Gasteiger charge is 2.05. The van der Waals surface area contributed by atoms with Gasteiger partial charge in [-0.15, -0.1) is 0 Å². The molecule has 0 aliphatic rings. The lowest BCUT2D eigenvalue weighted by Crippen LogP contribution is -2.03. The average molecular weight is 299 g/mol. The van der Waals surface area contributed by atoms with Crippen LogP contribution in [-0.2, 0) is 6.42 Å². The van der Waals surface area contributed by atoms with E-state index < -0.39 is 4.92 Å². The van der Waals surface area contributed by atoms with E-state index in [1.807, 2.05) is 31.2 Å². The number of anilines is 1. The van der Waals surface area contributed by atoms with Gasteiger partial charge in [0, 0.05) is 24.3 Å². The van der Waals surface area contributed by atoms with E-state index in [1.165, 1.54) is 12.1 Å². The van der Waals surface area contributed by atoms with Crippen LogP contribution in [0.5, 0.6) is 5.75 Å². The van der Waals surface area contributed by atoms with E-state index in [-0.39, 0.29) is 5.69 Å². The molecule has 0 heterocycles. The van der Waals surface area contributed by atoms with Gasteiger partial charge in [-0.05, 0) is 30.7 Å². The molecule has 6 nitrogen and oxygen atoms in total. The molecule has 0 atom stereocenters. The number of nitrogens with zero attached hydrogens (tertiary/aromatic N) is 2. The molecule has 0 unspecified atom stereocenters. The van der Waals surface area contributed by atoms with Gasteiger partial charge in [-0.25, -0.2) is 0 Å². The standard InChI is InChI=1S/C16H17N3O3/c1-12(11-13-5-3-4-6-16(13)22-2)17-18-14-7-9-15(10-8-14)19(20)21/h3-10,18H,11H2,1-2H3. The van der Waals surface area contributed by atoms with Crippen molar-refractivity contribution in [1.29, 1.82) is 0 Å². The lowest BCUT2D eigenvalue weighted by Gasteiger charge is -2.08. The monoisotopic (exact) mass is 299 g/mol. The Bertz CT molecular complexity index is 681. The molecule has 0 aromatic heterocycles. The van der Waals surface area contributed by atoms with Gasteiger partial charge in [0.05, 0.1) is 17.7 Å². The Balaban J connectivity index is 2.02. The highest BCUT2D eigenvalue weighted by Crippen LogP contribution is 2.19. The van der Waals surface area contributed by atoms with Crippen molar-refractivity contribution in [3.63, 3.8) is 0 Å². The summed E-state index contributed by atoms with van der Waals surface area (Å²) in [6.45, 7) is 1.91. The predicted octanol–water partition coefficient (Wildman–Crippen LogP) is 3.63. The number of hydrogen-bond donors (Lipinski definition) is 1. The first-order chi connectivity index (χ1) is 10.6. The van der Waals surface area contributed by atoms with Crippen molar-refractivity contribution in [1.82, 2.24) is 0 Å². The molecule has 22 heavy (non-hydrogen) atoms. The Labute approximate surface area is 128 Å². The van der Waals surface area contributed by atoms with Crippen LogP contribution in [0.1, 0.15) is 12.5 Å². The van der Waals surface area contributed by atoms with E-state index in [0.717, 1.165) is 17.0 Å². The van der Waals surface area contributed by atoms with Crippen LogP contribution in [0.3, 0.4) is 0 Å². The van der Waals surface area contributed by atoms with Crippen LogP contribution in [0.2, 0.25) is 0 Å². The number of nitro benzene ring substituents is 1. The fourth-order valence-corrected chi connectivity index (χ4v) is 1.98. The fourth-order valence-electron chi connectivity index (χ4n) is 1.98. The van der Waals surface area contributed by atoms with Crippen LogP contribution in [-0.4, -0.2) is 17.7 Å². The maximum atomic E-state index is 10.6. The molecular formula is C16H17N3O3. The van der Waals surface area contributed by atoms with Gasteiger partial charge < -0.3 is 4.74 Å². The minimum Gasteiger partial charge on any atom is -0.496 e. The molecule has 0 fully saturated rings. The molecule has 1 N–H and O–H groups in total. The van der Waals surface area contributed by atoms with Gasteiger partial charge in [0.2, 0.25) is 0 Å². The normalized spacial score (nSPS) is 11.1. The number of nitrogens with one attached hydrogen (secondary N) is 1. The number of nitro groups is 1. The summed E-state index contributed by atoms with van der Waals surface area (Å²) < 4.78 is 5.31. The summed E-state index contributed by atoms with van der Waals surface area (Å²) in [5.41, 5.74) is 5.58. The number of hydrogen-bond acceptors (Lipinski definition) is 5. The van der Waals surface area contributed by atoms with Gasteiger partial charge in [-0.3, -0.25) is 15.5 Å². The van der Waals surface area contributed by atoms with Crippen molar-refractivity contribution >= 4 is 17.1 Å². The van der Waals surface area contributed by atoms with Gasteiger partial charge >= 0.3 is 0 Å². The molecule has 2 aromatic rings. The summed E-state index contributed by atoms with van der Waals surface area (Å²) >= 11 is 0. The Kier molecular flexibility index (Phi) is 5.08. The molecule has 0 bridgehead atoms. The van der Waals surface area contributed by atoms with Crippen molar-refractivity contribution in [2.75, 3.05) is 12.5 Å². The minimum absolute atomic E-state index is 0.0558. The lowest BCUT2D eigenvalue weighted by atomic mass is 10.1. The Morgan fingerprint density at radius 2 is 1.91 bits per heavy atom. The highest BCUT2D eigenvalue weighted by molar-refractivity contribution is 5.85. The maximum absolute atomic E-state index is 10.6. The summed E-state index contributed by atoms with van der Waals surface area (Å²) in [5, 5.41) is 14.9. The molecule has 0 saturated heterocycles. The number of hydrazone groups is 1. The second kappa shape index (κ2) is 7.21. The van der Waals surface area contributed by atoms with Crippen LogP contribution >= 0.6 is 0 Å². The van der Waals surface area contributed by atoms with Crippen LogP contribution in [0.25, 0.3) is 0 Å². The van der Waals surface area contributed by atoms with Gasteiger partial charge in [0.25, 0.3) is 5.69 Å². The Hall–Kier alpha value is -2.89. The van der Waals surface area contributed by atoms with Crippen LogP contribution in [0.15, 0.2) is 53.6 Å². The number of methoxy groups -OCH3 is 1. The second-order valence-electron chi connectivity index (χ2n) is 4.75. The maximum Gasteiger partial charge on any atom is 0.269 e. The predicted molar refractivity (Wildman–Crippen MR) is 86.5 cm³/mol. The minimum atomic E-state index is -0.431. The zero-order valence-electron chi connectivity index (χ0n) is 12.4.